The lowest BCUT2D eigenvalue weighted by Gasteiger charge is -2.08. The molecule has 0 unspecified atom stereocenters. The average Bonchev–Trinajstić information content (AvgIpc) is 2.03. The van der Waals surface area contributed by atoms with Gasteiger partial charge in [-0.3, -0.25) is 0 Å². The lowest BCUT2D eigenvalue weighted by atomic mass is 10.1. The fourth-order valence-corrected chi connectivity index (χ4v) is 1.23. The van der Waals surface area contributed by atoms with Crippen molar-refractivity contribution in [2.75, 3.05) is 6.54 Å². The van der Waals surface area contributed by atoms with Crippen molar-refractivity contribution < 1.29 is 9.50 Å². The van der Waals surface area contributed by atoms with Crippen LogP contribution >= 0.6 is 15.9 Å². The molecule has 0 aliphatic carbocycles. The van der Waals surface area contributed by atoms with Crippen molar-refractivity contribution in [2.45, 2.75) is 6.10 Å². The molecule has 4 heteroatoms. The van der Waals surface area contributed by atoms with E-state index in [1.807, 2.05) is 0 Å². The summed E-state index contributed by atoms with van der Waals surface area (Å²) in [5, 5.41) is 9.22. The highest BCUT2D eigenvalue weighted by Gasteiger charge is 2.10. The Hall–Kier alpha value is -0.450. The maximum atomic E-state index is 13.0. The molecule has 0 heterocycles. The molecule has 0 aliphatic heterocycles. The molecule has 1 rings (SSSR count). The van der Waals surface area contributed by atoms with Gasteiger partial charge in [-0.2, -0.15) is 0 Å². The smallest absolute Gasteiger partial charge is 0.130 e. The van der Waals surface area contributed by atoms with Crippen LogP contribution in [0.15, 0.2) is 22.7 Å². The van der Waals surface area contributed by atoms with Gasteiger partial charge in [0.15, 0.2) is 0 Å². The zero-order chi connectivity index (χ0) is 9.14. The van der Waals surface area contributed by atoms with Crippen LogP contribution < -0.4 is 5.73 Å². The van der Waals surface area contributed by atoms with Gasteiger partial charge in [-0.1, -0.05) is 22.0 Å². The molecule has 0 spiro atoms. The Morgan fingerprint density at radius 1 is 1.58 bits per heavy atom. The van der Waals surface area contributed by atoms with Crippen LogP contribution in [0.25, 0.3) is 0 Å². The van der Waals surface area contributed by atoms with Crippen LogP contribution in [0, 0.1) is 5.82 Å². The second-order valence-electron chi connectivity index (χ2n) is 2.42. The third-order valence-electron chi connectivity index (χ3n) is 1.54. The van der Waals surface area contributed by atoms with Crippen molar-refractivity contribution in [2.24, 2.45) is 5.73 Å². The Kier molecular flexibility index (Phi) is 3.20. The van der Waals surface area contributed by atoms with Gasteiger partial charge in [-0.05, 0) is 12.1 Å². The quantitative estimate of drug-likeness (QED) is 0.815. The van der Waals surface area contributed by atoms with Crippen molar-refractivity contribution in [3.63, 3.8) is 0 Å². The van der Waals surface area contributed by atoms with Gasteiger partial charge in [0, 0.05) is 16.6 Å². The van der Waals surface area contributed by atoms with E-state index in [0.29, 0.717) is 4.47 Å². The van der Waals surface area contributed by atoms with Gasteiger partial charge in [0.05, 0.1) is 6.10 Å². The summed E-state index contributed by atoms with van der Waals surface area (Å²) >= 11 is 3.11. The number of hydrogen-bond donors (Lipinski definition) is 2. The van der Waals surface area contributed by atoms with Crippen molar-refractivity contribution in [1.29, 1.82) is 0 Å². The minimum absolute atomic E-state index is 0.0263. The Morgan fingerprint density at radius 3 is 2.75 bits per heavy atom. The van der Waals surface area contributed by atoms with Crippen LogP contribution in [0.4, 0.5) is 4.39 Å². The normalized spacial score (nSPS) is 13.0. The largest absolute Gasteiger partial charge is 0.387 e. The predicted octanol–water partition coefficient (Wildman–Crippen LogP) is 1.58. The zero-order valence-electron chi connectivity index (χ0n) is 6.30. The van der Waals surface area contributed by atoms with E-state index < -0.39 is 11.9 Å². The molecule has 2 nitrogen and oxygen atoms in total. The van der Waals surface area contributed by atoms with Crippen molar-refractivity contribution >= 4 is 15.9 Å². The van der Waals surface area contributed by atoms with Gasteiger partial charge in [0.25, 0.3) is 0 Å². The monoisotopic (exact) mass is 233 g/mol. The fraction of sp³-hybridized carbons (Fsp3) is 0.250. The van der Waals surface area contributed by atoms with Crippen LogP contribution in [0.5, 0.6) is 0 Å². The molecule has 12 heavy (non-hydrogen) atoms. The first-order valence-electron chi connectivity index (χ1n) is 3.48. The zero-order valence-corrected chi connectivity index (χ0v) is 7.88. The summed E-state index contributed by atoms with van der Waals surface area (Å²) in [6, 6.07) is 4.47. The van der Waals surface area contributed by atoms with E-state index in [9.17, 15) is 9.50 Å². The maximum Gasteiger partial charge on any atom is 0.130 e. The van der Waals surface area contributed by atoms with Gasteiger partial charge in [0.2, 0.25) is 0 Å². The first kappa shape index (κ1) is 9.64. The van der Waals surface area contributed by atoms with Crippen LogP contribution in [-0.4, -0.2) is 11.7 Å². The summed E-state index contributed by atoms with van der Waals surface area (Å²) in [5.41, 5.74) is 5.42. The lowest BCUT2D eigenvalue weighted by Crippen LogP contribution is -2.12. The molecule has 0 radical (unpaired) electrons. The van der Waals surface area contributed by atoms with E-state index in [-0.39, 0.29) is 12.1 Å². The van der Waals surface area contributed by atoms with Crippen molar-refractivity contribution in [3.8, 4) is 0 Å². The average molecular weight is 234 g/mol. The summed E-state index contributed by atoms with van der Waals surface area (Å²) in [5.74, 6) is -0.442. The summed E-state index contributed by atoms with van der Waals surface area (Å²) in [4.78, 5) is 0. The number of aliphatic hydroxyl groups is 1. The molecular formula is C8H9BrFNO. The van der Waals surface area contributed by atoms with Crippen molar-refractivity contribution in [1.82, 2.24) is 0 Å². The molecule has 66 valence electrons. The molecule has 0 saturated heterocycles. The predicted molar refractivity (Wildman–Crippen MR) is 48.1 cm³/mol. The van der Waals surface area contributed by atoms with E-state index in [1.54, 1.807) is 6.07 Å². The molecule has 1 aromatic rings. The van der Waals surface area contributed by atoms with E-state index in [4.69, 9.17) is 5.73 Å². The van der Waals surface area contributed by atoms with Gasteiger partial charge in [-0.25, -0.2) is 4.39 Å². The highest BCUT2D eigenvalue weighted by Crippen LogP contribution is 2.20. The molecule has 0 amide bonds. The van der Waals surface area contributed by atoms with E-state index in [1.165, 1.54) is 12.1 Å². The number of nitrogens with two attached hydrogens (primary N) is 1. The molecule has 0 aliphatic rings. The molecule has 3 N–H and O–H groups in total. The Labute approximate surface area is 78.3 Å². The number of benzene rings is 1. The summed E-state index contributed by atoms with van der Waals surface area (Å²) in [6.07, 6.45) is -0.918. The number of hydrogen-bond acceptors (Lipinski definition) is 2. The van der Waals surface area contributed by atoms with E-state index >= 15 is 0 Å². The van der Waals surface area contributed by atoms with Crippen LogP contribution in [0.2, 0.25) is 0 Å². The molecule has 0 aromatic heterocycles. The lowest BCUT2D eigenvalue weighted by molar-refractivity contribution is 0.182. The highest BCUT2D eigenvalue weighted by atomic mass is 79.9. The highest BCUT2D eigenvalue weighted by molar-refractivity contribution is 9.10. The summed E-state index contributed by atoms with van der Waals surface area (Å²) < 4.78 is 13.7. The Morgan fingerprint density at radius 2 is 2.25 bits per heavy atom. The van der Waals surface area contributed by atoms with Gasteiger partial charge in [-0.15, -0.1) is 0 Å². The minimum Gasteiger partial charge on any atom is -0.387 e. The van der Waals surface area contributed by atoms with Crippen LogP contribution in [0.3, 0.4) is 0 Å². The van der Waals surface area contributed by atoms with Gasteiger partial charge < -0.3 is 10.8 Å². The topological polar surface area (TPSA) is 46.2 Å². The molecule has 1 atom stereocenters. The molecule has 1 aromatic carbocycles. The third-order valence-corrected chi connectivity index (χ3v) is 2.04. The number of halogens is 2. The summed E-state index contributed by atoms with van der Waals surface area (Å²) in [7, 11) is 0. The first-order chi connectivity index (χ1) is 5.65. The minimum atomic E-state index is -0.918. The fourth-order valence-electron chi connectivity index (χ4n) is 0.899. The second kappa shape index (κ2) is 3.98. The van der Waals surface area contributed by atoms with Crippen molar-refractivity contribution in [3.05, 3.63) is 34.1 Å². The summed E-state index contributed by atoms with van der Waals surface area (Å²) in [6.45, 7) is 0.0263. The maximum absolute atomic E-state index is 13.0. The molecule has 0 saturated carbocycles. The van der Waals surface area contributed by atoms with E-state index in [2.05, 4.69) is 15.9 Å². The second-order valence-corrected chi connectivity index (χ2v) is 3.33. The number of aliphatic hydroxyl groups excluding tert-OH is 1. The van der Waals surface area contributed by atoms with E-state index in [0.717, 1.165) is 0 Å². The van der Waals surface area contributed by atoms with Crippen LogP contribution in [0.1, 0.15) is 11.7 Å². The molecule has 0 bridgehead atoms. The molecular weight excluding hydrogens is 225 g/mol. The van der Waals surface area contributed by atoms with Gasteiger partial charge >= 0.3 is 0 Å². The first-order valence-corrected chi connectivity index (χ1v) is 4.27. The van der Waals surface area contributed by atoms with Crippen LogP contribution in [-0.2, 0) is 0 Å². The Balaban J connectivity index is 3.01. The SMILES string of the molecule is NC[C@H](O)c1ccc(Br)cc1F. The Bertz CT molecular complexity index is 280. The third kappa shape index (κ3) is 2.03. The van der Waals surface area contributed by atoms with Gasteiger partial charge in [0.1, 0.15) is 5.82 Å². The number of rotatable bonds is 2. The standard InChI is InChI=1S/C8H9BrFNO/c9-5-1-2-6(7(10)3-5)8(12)4-11/h1-3,8,12H,4,11H2/t8-/m0/s1. The molecule has 0 fully saturated rings.